The number of nitrogens with zero attached hydrogens (tertiary/aromatic N) is 1. The highest BCUT2D eigenvalue weighted by atomic mass is 15.1. The van der Waals surface area contributed by atoms with Gasteiger partial charge in [0.15, 0.2) is 0 Å². The van der Waals surface area contributed by atoms with Gasteiger partial charge in [-0.15, -0.1) is 0 Å². The van der Waals surface area contributed by atoms with Gasteiger partial charge in [-0.05, 0) is 30.8 Å². The summed E-state index contributed by atoms with van der Waals surface area (Å²) in [5, 5.41) is 3.17. The Morgan fingerprint density at radius 1 is 1.20 bits per heavy atom. The van der Waals surface area contributed by atoms with Crippen LogP contribution < -0.4 is 10.2 Å². The Bertz CT molecular complexity index is 341. The van der Waals surface area contributed by atoms with Gasteiger partial charge < -0.3 is 10.2 Å². The van der Waals surface area contributed by atoms with E-state index < -0.39 is 0 Å². The number of hydrogen-bond acceptors (Lipinski definition) is 2. The Hall–Kier alpha value is -1.46. The lowest BCUT2D eigenvalue weighted by Gasteiger charge is -2.11. The van der Waals surface area contributed by atoms with Gasteiger partial charge in [0.05, 0.1) is 6.54 Å². The van der Waals surface area contributed by atoms with Crippen LogP contribution in [0.4, 0.5) is 5.69 Å². The molecule has 0 aliphatic heterocycles. The van der Waals surface area contributed by atoms with Crippen molar-refractivity contribution in [2.24, 2.45) is 0 Å². The predicted molar refractivity (Wildman–Crippen MR) is 66.2 cm³/mol. The maximum Gasteiger partial charge on any atom is 0.0580 e. The molecule has 2 heteroatoms. The summed E-state index contributed by atoms with van der Waals surface area (Å²) in [6, 6.07) is 8.26. The average molecular weight is 202 g/mol. The number of nitrogens with one attached hydrogen (secondary N) is 1. The predicted octanol–water partition coefficient (Wildman–Crippen LogP) is 1.71. The number of anilines is 1. The number of benzene rings is 1. The van der Waals surface area contributed by atoms with Crippen LogP contribution in [-0.2, 0) is 0 Å². The molecule has 80 valence electrons. The average Bonchev–Trinajstić information content (AvgIpc) is 2.25. The van der Waals surface area contributed by atoms with Gasteiger partial charge in [0, 0.05) is 25.3 Å². The van der Waals surface area contributed by atoms with Crippen LogP contribution in [-0.4, -0.2) is 27.2 Å². The molecule has 0 atom stereocenters. The third kappa shape index (κ3) is 4.05. The largest absolute Gasteiger partial charge is 0.378 e. The summed E-state index contributed by atoms with van der Waals surface area (Å²) in [6.07, 6.45) is 0. The summed E-state index contributed by atoms with van der Waals surface area (Å²) in [7, 11) is 4.07. The lowest BCUT2D eigenvalue weighted by Crippen LogP contribution is -2.11. The van der Waals surface area contributed by atoms with Crippen LogP contribution in [0.3, 0.4) is 0 Å². The van der Waals surface area contributed by atoms with Gasteiger partial charge in [-0.2, -0.15) is 0 Å². The third-order valence-electron chi connectivity index (χ3n) is 2.08. The second-order valence-corrected chi connectivity index (χ2v) is 3.52. The van der Waals surface area contributed by atoms with Crippen molar-refractivity contribution < 1.29 is 0 Å². The molecule has 1 rings (SSSR count). The standard InChI is InChI=1S/C13H18N2/c1-4-14-11-5-6-12-7-9-13(10-8-12)15(2)3/h7-10,14H,4,11H2,1-3H3. The fraction of sp³-hybridized carbons (Fsp3) is 0.385. The first kappa shape index (κ1) is 11.6. The molecular weight excluding hydrogens is 184 g/mol. The van der Waals surface area contributed by atoms with Gasteiger partial charge in [-0.1, -0.05) is 18.8 Å². The molecular formula is C13H18N2. The minimum atomic E-state index is 0.756. The highest BCUT2D eigenvalue weighted by molar-refractivity contribution is 5.49. The summed E-state index contributed by atoms with van der Waals surface area (Å²) in [6.45, 7) is 3.80. The first-order valence-electron chi connectivity index (χ1n) is 5.21. The fourth-order valence-electron chi connectivity index (χ4n) is 1.18. The zero-order valence-electron chi connectivity index (χ0n) is 9.67. The summed E-state index contributed by atoms with van der Waals surface area (Å²) in [5.74, 6) is 6.19. The number of rotatable bonds is 3. The van der Waals surface area contributed by atoms with Crippen molar-refractivity contribution in [2.45, 2.75) is 6.92 Å². The van der Waals surface area contributed by atoms with E-state index in [0.29, 0.717) is 0 Å². The van der Waals surface area contributed by atoms with Crippen LogP contribution in [0.15, 0.2) is 24.3 Å². The fourth-order valence-corrected chi connectivity index (χ4v) is 1.18. The lowest BCUT2D eigenvalue weighted by atomic mass is 10.2. The molecule has 0 aliphatic carbocycles. The van der Waals surface area contributed by atoms with E-state index in [1.807, 2.05) is 26.2 Å². The minimum Gasteiger partial charge on any atom is -0.378 e. The summed E-state index contributed by atoms with van der Waals surface area (Å²) < 4.78 is 0. The topological polar surface area (TPSA) is 15.3 Å². The molecule has 2 nitrogen and oxygen atoms in total. The Morgan fingerprint density at radius 2 is 1.87 bits per heavy atom. The van der Waals surface area contributed by atoms with E-state index in [1.54, 1.807) is 0 Å². The van der Waals surface area contributed by atoms with Crippen molar-refractivity contribution in [3.05, 3.63) is 29.8 Å². The van der Waals surface area contributed by atoms with Crippen LogP contribution in [0.2, 0.25) is 0 Å². The maximum absolute atomic E-state index is 3.17. The molecule has 15 heavy (non-hydrogen) atoms. The smallest absolute Gasteiger partial charge is 0.0580 e. The minimum absolute atomic E-state index is 0.756. The van der Waals surface area contributed by atoms with Crippen molar-refractivity contribution >= 4 is 5.69 Å². The van der Waals surface area contributed by atoms with Gasteiger partial charge in [-0.3, -0.25) is 0 Å². The first-order valence-corrected chi connectivity index (χ1v) is 5.21. The quantitative estimate of drug-likeness (QED) is 0.593. The Labute approximate surface area is 92.3 Å². The summed E-state index contributed by atoms with van der Waals surface area (Å²) >= 11 is 0. The SMILES string of the molecule is CCNCC#Cc1ccc(N(C)C)cc1. The Morgan fingerprint density at radius 3 is 2.40 bits per heavy atom. The van der Waals surface area contributed by atoms with Crippen LogP contribution >= 0.6 is 0 Å². The molecule has 0 saturated carbocycles. The summed E-state index contributed by atoms with van der Waals surface area (Å²) in [4.78, 5) is 2.08. The molecule has 0 amide bonds. The maximum atomic E-state index is 3.17. The molecule has 0 aliphatic rings. The molecule has 1 aromatic rings. The highest BCUT2D eigenvalue weighted by Gasteiger charge is 1.92. The van der Waals surface area contributed by atoms with Crippen molar-refractivity contribution in [1.29, 1.82) is 0 Å². The van der Waals surface area contributed by atoms with Gasteiger partial charge >= 0.3 is 0 Å². The van der Waals surface area contributed by atoms with Gasteiger partial charge in [0.1, 0.15) is 0 Å². The second-order valence-electron chi connectivity index (χ2n) is 3.52. The van der Waals surface area contributed by atoms with Gasteiger partial charge in [0.2, 0.25) is 0 Å². The zero-order chi connectivity index (χ0) is 11.1. The monoisotopic (exact) mass is 202 g/mol. The van der Waals surface area contributed by atoms with Crippen LogP contribution in [0.1, 0.15) is 12.5 Å². The molecule has 0 radical (unpaired) electrons. The lowest BCUT2D eigenvalue weighted by molar-refractivity contribution is 0.811. The van der Waals surface area contributed by atoms with E-state index in [1.165, 1.54) is 5.69 Å². The second kappa shape index (κ2) is 6.10. The van der Waals surface area contributed by atoms with E-state index in [0.717, 1.165) is 18.7 Å². The van der Waals surface area contributed by atoms with E-state index in [-0.39, 0.29) is 0 Å². The first-order chi connectivity index (χ1) is 7.24. The number of hydrogen-bond donors (Lipinski definition) is 1. The Balaban J connectivity index is 2.59. The van der Waals surface area contributed by atoms with Crippen molar-refractivity contribution in [3.8, 4) is 11.8 Å². The zero-order valence-corrected chi connectivity index (χ0v) is 9.67. The molecule has 0 heterocycles. The Kier molecular flexibility index (Phi) is 4.73. The molecule has 0 saturated heterocycles. The third-order valence-corrected chi connectivity index (χ3v) is 2.08. The molecule has 0 unspecified atom stereocenters. The molecule has 0 fully saturated rings. The van der Waals surface area contributed by atoms with E-state index in [4.69, 9.17) is 0 Å². The normalized spacial score (nSPS) is 9.27. The van der Waals surface area contributed by atoms with Crippen molar-refractivity contribution in [1.82, 2.24) is 5.32 Å². The highest BCUT2D eigenvalue weighted by Crippen LogP contribution is 2.11. The van der Waals surface area contributed by atoms with E-state index in [9.17, 15) is 0 Å². The van der Waals surface area contributed by atoms with Gasteiger partial charge in [-0.25, -0.2) is 0 Å². The summed E-state index contributed by atoms with van der Waals surface area (Å²) in [5.41, 5.74) is 2.27. The van der Waals surface area contributed by atoms with E-state index >= 15 is 0 Å². The van der Waals surface area contributed by atoms with Crippen molar-refractivity contribution in [3.63, 3.8) is 0 Å². The molecule has 1 N–H and O–H groups in total. The van der Waals surface area contributed by atoms with Crippen molar-refractivity contribution in [2.75, 3.05) is 32.1 Å². The molecule has 0 aromatic heterocycles. The molecule has 0 spiro atoms. The van der Waals surface area contributed by atoms with Crippen LogP contribution in [0.5, 0.6) is 0 Å². The van der Waals surface area contributed by atoms with E-state index in [2.05, 4.69) is 41.1 Å². The van der Waals surface area contributed by atoms with Crippen LogP contribution in [0.25, 0.3) is 0 Å². The van der Waals surface area contributed by atoms with Crippen LogP contribution in [0, 0.1) is 11.8 Å². The van der Waals surface area contributed by atoms with Gasteiger partial charge in [0.25, 0.3) is 0 Å². The molecule has 0 bridgehead atoms. The molecule has 1 aromatic carbocycles.